The number of aliphatic hydroxyl groups is 1. The number of rotatable bonds is 5. The summed E-state index contributed by atoms with van der Waals surface area (Å²) in [5.74, 6) is 0.121. The first-order valence-electron chi connectivity index (χ1n) is 9.06. The van der Waals surface area contributed by atoms with Crippen LogP contribution in [0, 0.1) is 0 Å². The van der Waals surface area contributed by atoms with Crippen LogP contribution in [0.1, 0.15) is 6.92 Å². The van der Waals surface area contributed by atoms with Crippen molar-refractivity contribution in [3.63, 3.8) is 0 Å². The predicted octanol–water partition coefficient (Wildman–Crippen LogP) is -0.292. The van der Waals surface area contributed by atoms with Crippen molar-refractivity contribution in [1.82, 2.24) is 15.2 Å². The van der Waals surface area contributed by atoms with Gasteiger partial charge in [-0.05, 0) is 25.1 Å². The highest BCUT2D eigenvalue weighted by molar-refractivity contribution is 5.89. The number of carbonyl (C=O) groups is 2. The average Bonchev–Trinajstić information content (AvgIpc) is 2.70. The minimum Gasteiger partial charge on any atom is -0.391 e. The molecule has 2 aromatic rings. The summed E-state index contributed by atoms with van der Waals surface area (Å²) < 4.78 is 0. The van der Waals surface area contributed by atoms with Gasteiger partial charge in [0.1, 0.15) is 11.9 Å². The molecular weight excluding hydrogens is 346 g/mol. The zero-order valence-corrected chi connectivity index (χ0v) is 15.3. The quantitative estimate of drug-likeness (QED) is 0.666. The fourth-order valence-corrected chi connectivity index (χ4v) is 3.21. The summed E-state index contributed by atoms with van der Waals surface area (Å²) >= 11 is 0. The third-order valence-corrected chi connectivity index (χ3v) is 4.75. The van der Waals surface area contributed by atoms with Gasteiger partial charge in [-0.25, -0.2) is 4.98 Å². The lowest BCUT2D eigenvalue weighted by atomic mass is 10.1. The summed E-state index contributed by atoms with van der Waals surface area (Å²) in [6, 6.07) is 11.0. The van der Waals surface area contributed by atoms with Crippen molar-refractivity contribution in [2.24, 2.45) is 5.73 Å². The molecule has 0 radical (unpaired) electrons. The lowest BCUT2D eigenvalue weighted by molar-refractivity contribution is -0.139. The lowest BCUT2D eigenvalue weighted by Gasteiger charge is -2.37. The monoisotopic (exact) mass is 371 g/mol. The van der Waals surface area contributed by atoms with Crippen molar-refractivity contribution < 1.29 is 14.7 Å². The molecule has 3 rings (SSSR count). The molecule has 2 atom stereocenters. The van der Waals surface area contributed by atoms with Gasteiger partial charge in [0, 0.05) is 31.6 Å². The van der Waals surface area contributed by atoms with E-state index in [1.54, 1.807) is 4.90 Å². The Morgan fingerprint density at radius 1 is 1.19 bits per heavy atom. The first-order chi connectivity index (χ1) is 13.0. The summed E-state index contributed by atoms with van der Waals surface area (Å²) in [5, 5.41) is 13.4. The number of anilines is 1. The molecule has 1 fully saturated rings. The van der Waals surface area contributed by atoms with E-state index in [1.807, 2.05) is 36.4 Å². The Kier molecular flexibility index (Phi) is 5.88. The number of carbonyl (C=O) groups excluding carboxylic acids is 2. The van der Waals surface area contributed by atoms with Gasteiger partial charge in [-0.1, -0.05) is 18.2 Å². The molecule has 0 aliphatic carbocycles. The van der Waals surface area contributed by atoms with Crippen LogP contribution in [-0.4, -0.2) is 71.7 Å². The Morgan fingerprint density at radius 2 is 1.89 bits per heavy atom. The Hall–Kier alpha value is -2.71. The number of amides is 2. The Bertz CT molecular complexity index is 818. The summed E-state index contributed by atoms with van der Waals surface area (Å²) in [5.41, 5.74) is 6.23. The molecule has 27 heavy (non-hydrogen) atoms. The molecule has 1 aliphatic heterocycles. The highest BCUT2D eigenvalue weighted by Gasteiger charge is 2.31. The van der Waals surface area contributed by atoms with Gasteiger partial charge >= 0.3 is 0 Å². The maximum atomic E-state index is 12.7. The number of hydrogen-bond acceptors (Lipinski definition) is 6. The van der Waals surface area contributed by atoms with Crippen LogP contribution >= 0.6 is 0 Å². The van der Waals surface area contributed by atoms with Crippen molar-refractivity contribution in [1.29, 1.82) is 0 Å². The lowest BCUT2D eigenvalue weighted by Crippen LogP contribution is -2.58. The van der Waals surface area contributed by atoms with E-state index in [1.165, 1.54) is 6.92 Å². The summed E-state index contributed by atoms with van der Waals surface area (Å²) in [7, 11) is 0. The maximum Gasteiger partial charge on any atom is 0.247 e. The summed E-state index contributed by atoms with van der Waals surface area (Å²) in [4.78, 5) is 32.7. The van der Waals surface area contributed by atoms with Crippen molar-refractivity contribution in [2.75, 3.05) is 37.6 Å². The Labute approximate surface area is 158 Å². The SMILES string of the molecule is C[C@@H](O)[C@H](NC(=O)CN)C(=O)N1CCN(c2ccc3ccccc3n2)CC1. The molecule has 1 aromatic carbocycles. The van der Waals surface area contributed by atoms with E-state index in [9.17, 15) is 14.7 Å². The average molecular weight is 371 g/mol. The fraction of sp³-hybridized carbons (Fsp3) is 0.421. The first-order valence-corrected chi connectivity index (χ1v) is 9.06. The number of nitrogens with one attached hydrogen (secondary N) is 1. The molecule has 2 heterocycles. The molecule has 8 nitrogen and oxygen atoms in total. The van der Waals surface area contributed by atoms with Gasteiger partial charge < -0.3 is 26.0 Å². The zero-order valence-electron chi connectivity index (χ0n) is 15.3. The van der Waals surface area contributed by atoms with Gasteiger partial charge in [-0.15, -0.1) is 0 Å². The standard InChI is InChI=1S/C19H25N5O3/c1-13(25)18(22-17(26)12-20)19(27)24-10-8-23(9-11-24)16-7-6-14-4-2-3-5-15(14)21-16/h2-7,13,18,25H,8-12,20H2,1H3,(H,22,26)/t13-,18+/m1/s1. The maximum absolute atomic E-state index is 12.7. The van der Waals surface area contributed by atoms with Crippen LogP contribution in [-0.2, 0) is 9.59 Å². The molecular formula is C19H25N5O3. The molecule has 144 valence electrons. The van der Waals surface area contributed by atoms with E-state index in [2.05, 4.69) is 10.2 Å². The second-order valence-corrected chi connectivity index (χ2v) is 6.66. The minimum atomic E-state index is -0.992. The molecule has 1 saturated heterocycles. The number of hydrogen-bond donors (Lipinski definition) is 3. The van der Waals surface area contributed by atoms with Crippen LogP contribution < -0.4 is 16.0 Å². The smallest absolute Gasteiger partial charge is 0.247 e. The van der Waals surface area contributed by atoms with Crippen molar-refractivity contribution in [3.8, 4) is 0 Å². The minimum absolute atomic E-state index is 0.224. The topological polar surface area (TPSA) is 112 Å². The summed E-state index contributed by atoms with van der Waals surface area (Å²) in [6.07, 6.45) is -0.992. The normalized spacial score (nSPS) is 16.9. The number of piperazine rings is 1. The molecule has 1 aromatic heterocycles. The van der Waals surface area contributed by atoms with Gasteiger partial charge in [0.05, 0.1) is 18.2 Å². The van der Waals surface area contributed by atoms with Gasteiger partial charge in [-0.3, -0.25) is 9.59 Å². The number of fused-ring (bicyclic) bond motifs is 1. The van der Waals surface area contributed by atoms with Crippen LogP contribution in [0.2, 0.25) is 0 Å². The number of aromatic nitrogens is 1. The zero-order chi connectivity index (χ0) is 19.4. The fourth-order valence-electron chi connectivity index (χ4n) is 3.21. The van der Waals surface area contributed by atoms with E-state index in [0.29, 0.717) is 26.2 Å². The van der Waals surface area contributed by atoms with E-state index in [-0.39, 0.29) is 12.5 Å². The first kappa shape index (κ1) is 19.1. The van der Waals surface area contributed by atoms with Gasteiger partial charge in [0.25, 0.3) is 0 Å². The van der Waals surface area contributed by atoms with Crippen molar-refractivity contribution in [2.45, 2.75) is 19.1 Å². The molecule has 8 heteroatoms. The second kappa shape index (κ2) is 8.32. The molecule has 1 aliphatic rings. The third kappa shape index (κ3) is 4.35. The molecule has 2 amide bonds. The number of para-hydroxylation sites is 1. The Balaban J connectivity index is 1.64. The molecule has 4 N–H and O–H groups in total. The van der Waals surface area contributed by atoms with Crippen LogP contribution in [0.4, 0.5) is 5.82 Å². The van der Waals surface area contributed by atoms with E-state index < -0.39 is 18.1 Å². The number of aliphatic hydroxyl groups excluding tert-OH is 1. The van der Waals surface area contributed by atoms with Crippen molar-refractivity contribution >= 4 is 28.5 Å². The largest absolute Gasteiger partial charge is 0.391 e. The molecule has 0 spiro atoms. The van der Waals surface area contributed by atoms with E-state index in [0.717, 1.165) is 16.7 Å². The molecule has 0 unspecified atom stereocenters. The predicted molar refractivity (Wildman–Crippen MR) is 103 cm³/mol. The number of pyridine rings is 1. The Morgan fingerprint density at radius 3 is 2.56 bits per heavy atom. The second-order valence-electron chi connectivity index (χ2n) is 6.66. The molecule has 0 bridgehead atoms. The summed E-state index contributed by atoms with van der Waals surface area (Å²) in [6.45, 7) is 3.51. The van der Waals surface area contributed by atoms with Crippen LogP contribution in [0.5, 0.6) is 0 Å². The van der Waals surface area contributed by atoms with Gasteiger partial charge in [0.2, 0.25) is 11.8 Å². The van der Waals surface area contributed by atoms with Crippen LogP contribution in [0.15, 0.2) is 36.4 Å². The molecule has 0 saturated carbocycles. The highest BCUT2D eigenvalue weighted by Crippen LogP contribution is 2.19. The highest BCUT2D eigenvalue weighted by atomic mass is 16.3. The van der Waals surface area contributed by atoms with Gasteiger partial charge in [0.15, 0.2) is 0 Å². The van der Waals surface area contributed by atoms with Crippen molar-refractivity contribution in [3.05, 3.63) is 36.4 Å². The van der Waals surface area contributed by atoms with Crippen LogP contribution in [0.25, 0.3) is 10.9 Å². The number of nitrogens with zero attached hydrogens (tertiary/aromatic N) is 3. The number of nitrogens with two attached hydrogens (primary N) is 1. The third-order valence-electron chi connectivity index (χ3n) is 4.75. The van der Waals surface area contributed by atoms with Crippen LogP contribution in [0.3, 0.4) is 0 Å². The van der Waals surface area contributed by atoms with E-state index in [4.69, 9.17) is 10.7 Å². The van der Waals surface area contributed by atoms with E-state index >= 15 is 0 Å². The van der Waals surface area contributed by atoms with Gasteiger partial charge in [-0.2, -0.15) is 0 Å². The number of benzene rings is 1.